The maximum absolute atomic E-state index is 10.5. The zero-order valence-corrected chi connectivity index (χ0v) is 9.55. The number of rotatable bonds is 1. The molecule has 0 radical (unpaired) electrons. The Morgan fingerprint density at radius 3 is 2.64 bits per heavy atom. The van der Waals surface area contributed by atoms with Crippen molar-refractivity contribution in [1.82, 2.24) is 0 Å². The van der Waals surface area contributed by atoms with Crippen molar-refractivity contribution in [3.8, 4) is 0 Å². The van der Waals surface area contributed by atoms with Gasteiger partial charge < -0.3 is 0 Å². The molecule has 11 heavy (non-hydrogen) atoms. The second-order valence-electron chi connectivity index (χ2n) is 2.04. The fraction of sp³-hybridized carbons (Fsp3) is 0. The van der Waals surface area contributed by atoms with Crippen molar-refractivity contribution in [1.29, 1.82) is 0 Å². The van der Waals surface area contributed by atoms with Crippen molar-refractivity contribution in [2.24, 2.45) is 0 Å². The summed E-state index contributed by atoms with van der Waals surface area (Å²) in [6, 6.07) is 5.14. The third kappa shape index (κ3) is 2.08. The van der Waals surface area contributed by atoms with Crippen molar-refractivity contribution in [3.05, 3.63) is 28.2 Å². The first kappa shape index (κ1) is 8.82. The van der Waals surface area contributed by atoms with Crippen molar-refractivity contribution in [2.45, 2.75) is 0 Å². The molecule has 1 aromatic carbocycles. The molecule has 0 spiro atoms. The van der Waals surface area contributed by atoms with Crippen LogP contribution in [0.25, 0.3) is 0 Å². The summed E-state index contributed by atoms with van der Waals surface area (Å²) in [6.07, 6.45) is 0. The number of hydrogen-bond acceptors (Lipinski definition) is 1. The van der Waals surface area contributed by atoms with E-state index in [4.69, 9.17) is 5.11 Å². The Morgan fingerprint density at radius 2 is 2.18 bits per heavy atom. The standard InChI is InChI=1S/C7H6AsBrO2/c8-6-3-4(9)1-2-5(6)7(10)11/h1-3H,8H2,(H,10,11). The van der Waals surface area contributed by atoms with Gasteiger partial charge in [-0.15, -0.1) is 0 Å². The molecule has 4 heteroatoms. The molecule has 0 aromatic heterocycles. The zero-order valence-electron chi connectivity index (χ0n) is 5.54. The average molecular weight is 277 g/mol. The molecule has 0 amide bonds. The fourth-order valence-electron chi connectivity index (χ4n) is 0.728. The van der Waals surface area contributed by atoms with Crippen LogP contribution >= 0.6 is 15.9 Å². The van der Waals surface area contributed by atoms with Crippen LogP contribution in [0.1, 0.15) is 10.4 Å². The van der Waals surface area contributed by atoms with Crippen LogP contribution in [0.15, 0.2) is 22.7 Å². The third-order valence-electron chi connectivity index (χ3n) is 1.24. The first-order valence-corrected chi connectivity index (χ1v) is 4.90. The van der Waals surface area contributed by atoms with Crippen LogP contribution in [-0.2, 0) is 0 Å². The molecule has 1 atom stereocenters. The molecule has 1 aromatic rings. The minimum absolute atomic E-state index is 0.383. The topological polar surface area (TPSA) is 37.3 Å². The van der Waals surface area contributed by atoms with E-state index in [-0.39, 0.29) is 0 Å². The van der Waals surface area contributed by atoms with E-state index in [2.05, 4.69) is 15.9 Å². The summed E-state index contributed by atoms with van der Waals surface area (Å²) in [5, 5.41) is 8.65. The van der Waals surface area contributed by atoms with E-state index < -0.39 is 5.97 Å². The molecule has 0 aliphatic carbocycles. The Labute approximate surface area is 81.2 Å². The summed E-state index contributed by atoms with van der Waals surface area (Å²) in [5.41, 5.74) is 0.383. The number of aromatic carboxylic acids is 1. The number of carbonyl (C=O) groups is 1. The Bertz CT molecular complexity index is 298. The van der Waals surface area contributed by atoms with Crippen molar-refractivity contribution in [2.75, 3.05) is 0 Å². The molecule has 0 saturated heterocycles. The average Bonchev–Trinajstić information content (AvgIpc) is 1.85. The monoisotopic (exact) mass is 276 g/mol. The van der Waals surface area contributed by atoms with Gasteiger partial charge in [-0.3, -0.25) is 0 Å². The van der Waals surface area contributed by atoms with Crippen LogP contribution in [0.3, 0.4) is 0 Å². The number of benzene rings is 1. The summed E-state index contributed by atoms with van der Waals surface area (Å²) in [7, 11) is 0. The molecule has 0 bridgehead atoms. The molecule has 1 rings (SSSR count). The van der Waals surface area contributed by atoms with E-state index in [9.17, 15) is 4.79 Å². The molecule has 0 aliphatic heterocycles. The third-order valence-corrected chi connectivity index (χ3v) is 2.74. The number of halogens is 1. The van der Waals surface area contributed by atoms with Gasteiger partial charge in [0.15, 0.2) is 0 Å². The van der Waals surface area contributed by atoms with Crippen LogP contribution in [-0.4, -0.2) is 27.9 Å². The molecule has 0 saturated carbocycles. The van der Waals surface area contributed by atoms with Crippen molar-refractivity contribution < 1.29 is 9.90 Å². The Hall–Kier alpha value is -0.272. The van der Waals surface area contributed by atoms with Gasteiger partial charge in [-0.25, -0.2) is 0 Å². The number of carboxylic acids is 1. The number of hydrogen-bond donors (Lipinski definition) is 1. The van der Waals surface area contributed by atoms with E-state index in [0.717, 1.165) is 8.82 Å². The Kier molecular flexibility index (Phi) is 2.74. The van der Waals surface area contributed by atoms with Crippen LogP contribution in [0.4, 0.5) is 0 Å². The zero-order chi connectivity index (χ0) is 8.43. The van der Waals surface area contributed by atoms with Gasteiger partial charge in [0.25, 0.3) is 0 Å². The SMILES string of the molecule is O=C(O)c1ccc(Br)cc1[AsH2]. The molecular weight excluding hydrogens is 271 g/mol. The minimum atomic E-state index is -0.864. The quantitative estimate of drug-likeness (QED) is 0.755. The fourth-order valence-corrected chi connectivity index (χ4v) is 2.46. The molecule has 58 valence electrons. The van der Waals surface area contributed by atoms with Gasteiger partial charge in [0.2, 0.25) is 0 Å². The van der Waals surface area contributed by atoms with Crippen molar-refractivity contribution >= 4 is 43.1 Å². The predicted molar refractivity (Wildman–Crippen MR) is 49.3 cm³/mol. The molecule has 2 nitrogen and oxygen atoms in total. The van der Waals surface area contributed by atoms with Gasteiger partial charge in [-0.1, -0.05) is 0 Å². The van der Waals surface area contributed by atoms with Crippen molar-refractivity contribution in [3.63, 3.8) is 0 Å². The van der Waals surface area contributed by atoms with Gasteiger partial charge in [0.05, 0.1) is 0 Å². The van der Waals surface area contributed by atoms with Crippen LogP contribution in [0, 0.1) is 0 Å². The summed E-state index contributed by atoms with van der Waals surface area (Å²) < 4.78 is 1.75. The van der Waals surface area contributed by atoms with Crippen LogP contribution in [0.2, 0.25) is 0 Å². The van der Waals surface area contributed by atoms with E-state index in [1.165, 1.54) is 16.9 Å². The van der Waals surface area contributed by atoms with Gasteiger partial charge >= 0.3 is 81.2 Å². The van der Waals surface area contributed by atoms with E-state index in [1.54, 1.807) is 12.1 Å². The van der Waals surface area contributed by atoms with Gasteiger partial charge in [-0.05, 0) is 0 Å². The molecule has 1 unspecified atom stereocenters. The van der Waals surface area contributed by atoms with Crippen LogP contribution < -0.4 is 4.35 Å². The van der Waals surface area contributed by atoms with E-state index in [0.29, 0.717) is 5.56 Å². The second-order valence-corrected chi connectivity index (χ2v) is 4.26. The first-order valence-electron chi connectivity index (χ1n) is 2.89. The maximum atomic E-state index is 10.5. The van der Waals surface area contributed by atoms with Gasteiger partial charge in [-0.2, -0.15) is 0 Å². The summed E-state index contributed by atoms with van der Waals surface area (Å²) in [4.78, 5) is 10.5. The first-order chi connectivity index (χ1) is 5.11. The molecular formula is C7H6AsBrO2. The number of carboxylic acid groups (broad SMARTS) is 1. The molecule has 0 fully saturated rings. The Morgan fingerprint density at radius 1 is 1.55 bits per heavy atom. The van der Waals surface area contributed by atoms with E-state index >= 15 is 0 Å². The summed E-state index contributed by atoms with van der Waals surface area (Å²) >= 11 is 4.58. The van der Waals surface area contributed by atoms with E-state index in [1.807, 2.05) is 6.07 Å². The second kappa shape index (κ2) is 3.42. The van der Waals surface area contributed by atoms with Crippen LogP contribution in [0.5, 0.6) is 0 Å². The summed E-state index contributed by atoms with van der Waals surface area (Å²) in [6.45, 7) is 0. The predicted octanol–water partition coefficient (Wildman–Crippen LogP) is 0.406. The molecule has 1 N–H and O–H groups in total. The Balaban J connectivity index is 3.20. The van der Waals surface area contributed by atoms with Gasteiger partial charge in [0.1, 0.15) is 0 Å². The molecule has 0 aliphatic rings. The summed E-state index contributed by atoms with van der Waals surface area (Å²) in [5.74, 6) is -0.864. The molecule has 0 heterocycles. The normalized spacial score (nSPS) is 9.64. The van der Waals surface area contributed by atoms with Gasteiger partial charge in [0, 0.05) is 0 Å².